The van der Waals surface area contributed by atoms with Gasteiger partial charge in [0.05, 0.1) is 26.4 Å². The molecule has 0 amide bonds. The third-order valence-corrected chi connectivity index (χ3v) is 16.8. The Balaban J connectivity index is 4.38. The highest BCUT2D eigenvalue weighted by atomic mass is 31.2. The van der Waals surface area contributed by atoms with Gasteiger partial charge in [0.1, 0.15) is 25.4 Å². The standard InChI is InChI=1S/C75H130O16P2/c1-4-7-10-13-16-19-22-25-26-27-28-29-30-31-32-33-34-35-36-37-38-39-40-41-42-45-47-49-52-55-58-61-73(78)85-64-70(76)65-87-92(81,82)88-66-71(77)67-89-93(83,84)90-69-72(91-75(80)63-60-57-54-51-48-44-24-21-18-15-12-9-6-3)68-86-74(79)62-59-56-53-50-46-43-23-20-17-14-11-8-5-2/h7,10-12,14-16,19-21,23-26,28-29,31-32,70-72,76-77H,4-6,8-9,13,17-18,22,27,30,33-69H2,1-3H3,(H,81,82)(H,83,84)/b10-7-,14-11-,15-12-,19-16-,23-20-,24-21-,26-25-,29-28-,32-31-. The Morgan fingerprint density at radius 3 is 0.903 bits per heavy atom. The van der Waals surface area contributed by atoms with Crippen LogP contribution in [0.1, 0.15) is 290 Å². The molecule has 0 aromatic carbocycles. The number of aliphatic hydroxyl groups is 2. The van der Waals surface area contributed by atoms with Crippen LogP contribution in [0.5, 0.6) is 0 Å². The summed E-state index contributed by atoms with van der Waals surface area (Å²) in [7, 11) is -9.78. The van der Waals surface area contributed by atoms with Crippen LogP contribution in [-0.2, 0) is 55.8 Å². The molecule has 93 heavy (non-hydrogen) atoms. The predicted molar refractivity (Wildman–Crippen MR) is 380 cm³/mol. The minimum atomic E-state index is -4.93. The van der Waals surface area contributed by atoms with Crippen molar-refractivity contribution in [3.05, 3.63) is 109 Å². The van der Waals surface area contributed by atoms with E-state index >= 15 is 0 Å². The predicted octanol–water partition coefficient (Wildman–Crippen LogP) is 20.4. The average Bonchev–Trinajstić information content (AvgIpc) is 3.55. The topological polar surface area (TPSA) is 231 Å². The van der Waals surface area contributed by atoms with Gasteiger partial charge in [-0.1, -0.05) is 265 Å². The van der Waals surface area contributed by atoms with Gasteiger partial charge < -0.3 is 34.2 Å². The van der Waals surface area contributed by atoms with Crippen LogP contribution >= 0.6 is 15.6 Å². The van der Waals surface area contributed by atoms with Crippen molar-refractivity contribution in [2.75, 3.05) is 39.6 Å². The number of aliphatic hydroxyl groups excluding tert-OH is 2. The van der Waals surface area contributed by atoms with E-state index in [9.17, 15) is 43.5 Å². The van der Waals surface area contributed by atoms with Crippen LogP contribution in [0, 0.1) is 0 Å². The molecule has 0 saturated heterocycles. The first-order valence-corrected chi connectivity index (χ1v) is 39.2. The van der Waals surface area contributed by atoms with E-state index in [0.717, 1.165) is 154 Å². The van der Waals surface area contributed by atoms with Crippen LogP contribution in [0.25, 0.3) is 0 Å². The summed E-state index contributed by atoms with van der Waals surface area (Å²) in [6.07, 6.45) is 77.4. The van der Waals surface area contributed by atoms with Crippen molar-refractivity contribution in [3.8, 4) is 0 Å². The van der Waals surface area contributed by atoms with Crippen molar-refractivity contribution in [1.82, 2.24) is 0 Å². The van der Waals surface area contributed by atoms with Gasteiger partial charge in [-0.25, -0.2) is 9.13 Å². The number of ether oxygens (including phenoxy) is 3. The van der Waals surface area contributed by atoms with Gasteiger partial charge in [-0.2, -0.15) is 0 Å². The fourth-order valence-corrected chi connectivity index (χ4v) is 11.0. The molecule has 18 heteroatoms. The Kier molecular flexibility index (Phi) is 65.4. The number of phosphoric acid groups is 2. The second kappa shape index (κ2) is 68.2. The van der Waals surface area contributed by atoms with E-state index in [1.54, 1.807) is 0 Å². The number of allylic oxidation sites excluding steroid dienone is 18. The maximum absolute atomic E-state index is 12.9. The zero-order chi connectivity index (χ0) is 68.1. The van der Waals surface area contributed by atoms with Crippen molar-refractivity contribution in [2.45, 2.75) is 309 Å². The van der Waals surface area contributed by atoms with E-state index in [-0.39, 0.29) is 19.3 Å². The Morgan fingerprint density at radius 2 is 0.570 bits per heavy atom. The van der Waals surface area contributed by atoms with Crippen molar-refractivity contribution < 1.29 is 75.8 Å². The molecule has 0 heterocycles. The van der Waals surface area contributed by atoms with Crippen LogP contribution < -0.4 is 0 Å². The zero-order valence-electron chi connectivity index (χ0n) is 58.1. The first-order valence-electron chi connectivity index (χ1n) is 36.2. The highest BCUT2D eigenvalue weighted by molar-refractivity contribution is 7.47. The van der Waals surface area contributed by atoms with Crippen molar-refractivity contribution in [3.63, 3.8) is 0 Å². The molecule has 0 saturated carbocycles. The number of unbranched alkanes of at least 4 members (excludes halogenated alkanes) is 27. The van der Waals surface area contributed by atoms with Crippen LogP contribution in [0.4, 0.5) is 0 Å². The summed E-state index contributed by atoms with van der Waals surface area (Å²) in [6.45, 7) is 2.39. The van der Waals surface area contributed by atoms with Gasteiger partial charge in [-0.05, 0) is 116 Å². The van der Waals surface area contributed by atoms with E-state index < -0.39 is 91.5 Å². The molecule has 16 nitrogen and oxygen atoms in total. The van der Waals surface area contributed by atoms with Crippen molar-refractivity contribution in [2.24, 2.45) is 0 Å². The van der Waals surface area contributed by atoms with Crippen LogP contribution in [0.2, 0.25) is 0 Å². The number of hydrogen-bond donors (Lipinski definition) is 4. The number of carbonyl (C=O) groups excluding carboxylic acids is 3. The lowest BCUT2D eigenvalue weighted by molar-refractivity contribution is -0.161. The number of rotatable bonds is 68. The first kappa shape index (κ1) is 89.2. The lowest BCUT2D eigenvalue weighted by atomic mass is 10.0. The summed E-state index contributed by atoms with van der Waals surface area (Å²) in [5, 5.41) is 20.6. The van der Waals surface area contributed by atoms with E-state index in [1.807, 2.05) is 0 Å². The number of carbonyl (C=O) groups is 3. The molecular weight excluding hydrogens is 1220 g/mol. The Morgan fingerprint density at radius 1 is 0.312 bits per heavy atom. The van der Waals surface area contributed by atoms with Crippen molar-refractivity contribution >= 4 is 33.6 Å². The molecule has 5 atom stereocenters. The Hall–Kier alpha value is -3.79. The monoisotopic (exact) mass is 1350 g/mol. The summed E-state index contributed by atoms with van der Waals surface area (Å²) in [5.41, 5.74) is 0. The largest absolute Gasteiger partial charge is 0.472 e. The maximum Gasteiger partial charge on any atom is 0.472 e. The summed E-state index contributed by atoms with van der Waals surface area (Å²) < 4.78 is 60.8. The van der Waals surface area contributed by atoms with Gasteiger partial charge in [0.2, 0.25) is 0 Å². The number of hydrogen-bond acceptors (Lipinski definition) is 14. The second-order valence-electron chi connectivity index (χ2n) is 24.0. The summed E-state index contributed by atoms with van der Waals surface area (Å²) in [5.74, 6) is -1.61. The molecule has 536 valence electrons. The summed E-state index contributed by atoms with van der Waals surface area (Å²) in [6, 6.07) is 0. The maximum atomic E-state index is 12.9. The van der Waals surface area contributed by atoms with Gasteiger partial charge in [0.25, 0.3) is 0 Å². The molecule has 0 fully saturated rings. The average molecular weight is 1350 g/mol. The minimum Gasteiger partial charge on any atom is -0.463 e. The highest BCUT2D eigenvalue weighted by Crippen LogP contribution is 2.45. The molecule has 0 spiro atoms. The molecule has 0 radical (unpaired) electrons. The summed E-state index contributed by atoms with van der Waals surface area (Å²) >= 11 is 0. The van der Waals surface area contributed by atoms with Gasteiger partial charge in [-0.3, -0.25) is 32.5 Å². The normalized spacial score (nSPS) is 14.8. The molecular formula is C75H130O16P2. The van der Waals surface area contributed by atoms with Crippen LogP contribution in [0.15, 0.2) is 109 Å². The third-order valence-electron chi connectivity index (χ3n) is 14.9. The van der Waals surface area contributed by atoms with Gasteiger partial charge in [0.15, 0.2) is 6.10 Å². The molecule has 0 rings (SSSR count). The quantitative estimate of drug-likeness (QED) is 0.0146. The van der Waals surface area contributed by atoms with Gasteiger partial charge in [0, 0.05) is 19.3 Å². The molecule has 0 aliphatic carbocycles. The second-order valence-corrected chi connectivity index (χ2v) is 26.9. The van der Waals surface area contributed by atoms with Gasteiger partial charge in [-0.15, -0.1) is 0 Å². The molecule has 0 aliphatic heterocycles. The Labute approximate surface area is 564 Å². The van der Waals surface area contributed by atoms with Crippen LogP contribution in [0.3, 0.4) is 0 Å². The Bertz CT molecular complexity index is 2130. The first-order chi connectivity index (χ1) is 45.2. The van der Waals surface area contributed by atoms with E-state index in [1.165, 1.54) is 77.0 Å². The molecule has 5 unspecified atom stereocenters. The smallest absolute Gasteiger partial charge is 0.463 e. The van der Waals surface area contributed by atoms with Crippen molar-refractivity contribution in [1.29, 1.82) is 0 Å². The molecule has 0 aromatic rings. The molecule has 4 N–H and O–H groups in total. The van der Waals surface area contributed by atoms with Gasteiger partial charge >= 0.3 is 33.6 Å². The highest BCUT2D eigenvalue weighted by Gasteiger charge is 2.29. The van der Waals surface area contributed by atoms with E-state index in [0.29, 0.717) is 19.3 Å². The zero-order valence-corrected chi connectivity index (χ0v) is 59.9. The van der Waals surface area contributed by atoms with E-state index in [2.05, 4.69) is 130 Å². The SMILES string of the molecule is CC/C=C\C/C=C\C/C=C\C/C=C\C/C=C\CCCCCCCCCCCCCCCCCC(=O)OCC(O)COP(=O)(O)OCC(O)COP(=O)(O)OCC(COC(=O)CCCCCCC/C=C\C/C=C\CCC)OC(=O)CCCCCCC/C=C\C/C=C\CCC. The summed E-state index contributed by atoms with van der Waals surface area (Å²) in [4.78, 5) is 58.3. The minimum absolute atomic E-state index is 0.0850. The molecule has 0 bridgehead atoms. The fourth-order valence-electron chi connectivity index (χ4n) is 9.44. The van der Waals surface area contributed by atoms with Crippen LogP contribution in [-0.4, -0.2) is 95.9 Å². The lowest BCUT2D eigenvalue weighted by Crippen LogP contribution is -2.30. The lowest BCUT2D eigenvalue weighted by Gasteiger charge is -2.21. The molecule has 0 aromatic heterocycles. The molecule has 0 aliphatic rings. The fraction of sp³-hybridized carbons (Fsp3) is 0.720. The number of phosphoric ester groups is 2. The number of esters is 3. The van der Waals surface area contributed by atoms with E-state index in [4.69, 9.17) is 32.3 Å². The third kappa shape index (κ3) is 69.4.